The van der Waals surface area contributed by atoms with E-state index in [0.717, 1.165) is 0 Å². The lowest BCUT2D eigenvalue weighted by molar-refractivity contribution is -0.197. The van der Waals surface area contributed by atoms with Crippen molar-refractivity contribution in [3.63, 3.8) is 0 Å². The van der Waals surface area contributed by atoms with Gasteiger partial charge in [-0.25, -0.2) is 4.79 Å². The van der Waals surface area contributed by atoms with Crippen LogP contribution in [0.15, 0.2) is 0 Å². The third-order valence-electron chi connectivity index (χ3n) is 3.11. The molecule has 2 aliphatic rings. The number of nitrogens with zero attached hydrogens (tertiary/aromatic N) is 2. The van der Waals surface area contributed by atoms with Crippen molar-refractivity contribution in [2.24, 2.45) is 0 Å². The van der Waals surface area contributed by atoms with Crippen molar-refractivity contribution in [2.75, 3.05) is 26.3 Å². The second-order valence-electron chi connectivity index (χ2n) is 4.54. The van der Waals surface area contributed by atoms with Crippen molar-refractivity contribution in [3.8, 4) is 0 Å². The first kappa shape index (κ1) is 14.4. The Balaban J connectivity index is 1.73. The Morgan fingerprint density at radius 3 is 2.25 bits per heavy atom. The van der Waals surface area contributed by atoms with Gasteiger partial charge in [0.15, 0.2) is 0 Å². The molecule has 2 heterocycles. The monoisotopic (exact) mass is 284 g/mol. The normalized spacial score (nSPS) is 19.4. The summed E-state index contributed by atoms with van der Waals surface area (Å²) in [4.78, 5) is 52.1. The molecule has 20 heavy (non-hydrogen) atoms. The molecule has 2 saturated heterocycles. The highest BCUT2D eigenvalue weighted by Crippen LogP contribution is 2.13. The van der Waals surface area contributed by atoms with Crippen LogP contribution in [0.1, 0.15) is 25.7 Å². The van der Waals surface area contributed by atoms with Crippen molar-refractivity contribution in [1.29, 1.82) is 0 Å². The molecule has 0 atom stereocenters. The number of amides is 3. The minimum atomic E-state index is -0.754. The maximum atomic E-state index is 11.8. The summed E-state index contributed by atoms with van der Waals surface area (Å²) in [6, 6.07) is 0. The Morgan fingerprint density at radius 1 is 1.05 bits per heavy atom. The first-order chi connectivity index (χ1) is 9.58. The molecule has 0 N–H and O–H groups in total. The number of rotatable bonds is 4. The third-order valence-corrected chi connectivity index (χ3v) is 3.11. The highest BCUT2D eigenvalue weighted by Gasteiger charge is 2.32. The van der Waals surface area contributed by atoms with E-state index in [1.165, 1.54) is 0 Å². The number of hydrogen-bond acceptors (Lipinski definition) is 6. The molecule has 0 bridgehead atoms. The maximum absolute atomic E-state index is 11.8. The van der Waals surface area contributed by atoms with E-state index < -0.39 is 17.8 Å². The van der Waals surface area contributed by atoms with Gasteiger partial charge in [0.1, 0.15) is 0 Å². The van der Waals surface area contributed by atoms with Crippen LogP contribution in [-0.2, 0) is 28.8 Å². The van der Waals surface area contributed by atoms with Crippen LogP contribution in [-0.4, -0.2) is 60.0 Å². The van der Waals surface area contributed by atoms with Crippen molar-refractivity contribution < 1.29 is 28.8 Å². The average Bonchev–Trinajstić information content (AvgIpc) is 2.77. The van der Waals surface area contributed by atoms with E-state index in [0.29, 0.717) is 31.4 Å². The largest absolute Gasteiger partial charge is 0.378 e. The fourth-order valence-electron chi connectivity index (χ4n) is 1.99. The molecule has 2 fully saturated rings. The van der Waals surface area contributed by atoms with Crippen LogP contribution in [0.4, 0.5) is 0 Å². The van der Waals surface area contributed by atoms with Crippen LogP contribution in [0.25, 0.3) is 0 Å². The van der Waals surface area contributed by atoms with E-state index in [-0.39, 0.29) is 31.6 Å². The zero-order valence-electron chi connectivity index (χ0n) is 11.0. The molecule has 0 aromatic rings. The number of morpholine rings is 1. The molecule has 0 aromatic heterocycles. The standard InChI is InChI=1S/C12H16N2O6/c15-9(13-5-7-19-8-6-13)3-4-12(18)20-14-10(16)1-2-11(14)17/h1-8H2. The van der Waals surface area contributed by atoms with Crippen molar-refractivity contribution >= 4 is 23.7 Å². The van der Waals surface area contributed by atoms with Crippen LogP contribution >= 0.6 is 0 Å². The molecule has 3 amide bonds. The molecule has 2 aliphatic heterocycles. The Morgan fingerprint density at radius 2 is 1.65 bits per heavy atom. The molecule has 0 spiro atoms. The smallest absolute Gasteiger partial charge is 0.333 e. The number of imide groups is 1. The summed E-state index contributed by atoms with van der Waals surface area (Å²) in [6.07, 6.45) is -0.0556. The molecule has 0 radical (unpaired) electrons. The zero-order valence-corrected chi connectivity index (χ0v) is 11.0. The number of ether oxygens (including phenoxy) is 1. The summed E-state index contributed by atoms with van der Waals surface area (Å²) in [7, 11) is 0. The van der Waals surface area contributed by atoms with Gasteiger partial charge in [-0.05, 0) is 0 Å². The van der Waals surface area contributed by atoms with Gasteiger partial charge < -0.3 is 14.5 Å². The molecule has 0 aromatic carbocycles. The molecule has 2 rings (SSSR count). The van der Waals surface area contributed by atoms with Crippen LogP contribution in [0, 0.1) is 0 Å². The summed E-state index contributed by atoms with van der Waals surface area (Å²) < 4.78 is 5.12. The van der Waals surface area contributed by atoms with Crippen molar-refractivity contribution in [1.82, 2.24) is 9.96 Å². The molecule has 0 saturated carbocycles. The van der Waals surface area contributed by atoms with Gasteiger partial charge in [0.25, 0.3) is 11.8 Å². The molecule has 8 nitrogen and oxygen atoms in total. The van der Waals surface area contributed by atoms with Crippen LogP contribution < -0.4 is 0 Å². The lowest BCUT2D eigenvalue weighted by atomic mass is 10.2. The topological polar surface area (TPSA) is 93.2 Å². The maximum Gasteiger partial charge on any atom is 0.333 e. The molecular weight excluding hydrogens is 268 g/mol. The summed E-state index contributed by atoms with van der Waals surface area (Å²) in [5.74, 6) is -1.97. The minimum absolute atomic E-state index is 0.00491. The van der Waals surface area contributed by atoms with Crippen molar-refractivity contribution in [2.45, 2.75) is 25.7 Å². The van der Waals surface area contributed by atoms with Crippen LogP contribution in [0.5, 0.6) is 0 Å². The number of hydroxylamine groups is 2. The first-order valence-corrected chi connectivity index (χ1v) is 6.50. The summed E-state index contributed by atoms with van der Waals surface area (Å²) in [5, 5.41) is 0.488. The van der Waals surface area contributed by atoms with Crippen LogP contribution in [0.3, 0.4) is 0 Å². The Hall–Kier alpha value is -1.96. The van der Waals surface area contributed by atoms with Gasteiger partial charge in [-0.2, -0.15) is 0 Å². The number of carbonyl (C=O) groups excluding carboxylic acids is 4. The van der Waals surface area contributed by atoms with Gasteiger partial charge in [-0.3, -0.25) is 14.4 Å². The zero-order chi connectivity index (χ0) is 14.5. The SMILES string of the molecule is O=C(CCC(=O)N1CCOCC1)ON1C(=O)CCC1=O. The van der Waals surface area contributed by atoms with Gasteiger partial charge in [0, 0.05) is 32.4 Å². The fourth-order valence-corrected chi connectivity index (χ4v) is 1.99. The summed E-state index contributed by atoms with van der Waals surface area (Å²) >= 11 is 0. The third kappa shape index (κ3) is 3.53. The van der Waals surface area contributed by atoms with E-state index in [2.05, 4.69) is 4.84 Å². The highest BCUT2D eigenvalue weighted by atomic mass is 16.7. The Labute approximate surface area is 115 Å². The van der Waals surface area contributed by atoms with E-state index >= 15 is 0 Å². The van der Waals surface area contributed by atoms with Crippen LogP contribution in [0.2, 0.25) is 0 Å². The first-order valence-electron chi connectivity index (χ1n) is 6.50. The molecule has 8 heteroatoms. The second kappa shape index (κ2) is 6.47. The second-order valence-corrected chi connectivity index (χ2v) is 4.54. The fraction of sp³-hybridized carbons (Fsp3) is 0.667. The van der Waals surface area contributed by atoms with E-state index in [1.807, 2.05) is 0 Å². The lowest BCUT2D eigenvalue weighted by Crippen LogP contribution is -2.41. The highest BCUT2D eigenvalue weighted by molar-refractivity contribution is 6.01. The molecular formula is C12H16N2O6. The lowest BCUT2D eigenvalue weighted by Gasteiger charge is -2.26. The van der Waals surface area contributed by atoms with Gasteiger partial charge >= 0.3 is 5.97 Å². The van der Waals surface area contributed by atoms with E-state index in [1.54, 1.807) is 4.90 Å². The molecule has 110 valence electrons. The molecule has 0 unspecified atom stereocenters. The predicted octanol–water partition coefficient (Wildman–Crippen LogP) is -0.767. The van der Waals surface area contributed by atoms with E-state index in [9.17, 15) is 19.2 Å². The summed E-state index contributed by atoms with van der Waals surface area (Å²) in [5.41, 5.74) is 0. The van der Waals surface area contributed by atoms with Gasteiger partial charge in [0.2, 0.25) is 5.91 Å². The predicted molar refractivity (Wildman–Crippen MR) is 63.8 cm³/mol. The Bertz CT molecular complexity index is 414. The number of hydrogen-bond donors (Lipinski definition) is 0. The average molecular weight is 284 g/mol. The summed E-state index contributed by atoms with van der Waals surface area (Å²) in [6.45, 7) is 2.01. The van der Waals surface area contributed by atoms with Gasteiger partial charge in [0.05, 0.1) is 19.6 Å². The van der Waals surface area contributed by atoms with E-state index in [4.69, 9.17) is 4.74 Å². The number of carbonyl (C=O) groups is 4. The van der Waals surface area contributed by atoms with Gasteiger partial charge in [-0.1, -0.05) is 0 Å². The van der Waals surface area contributed by atoms with Crippen molar-refractivity contribution in [3.05, 3.63) is 0 Å². The Kier molecular flexibility index (Phi) is 4.67. The minimum Gasteiger partial charge on any atom is -0.378 e. The molecule has 0 aliphatic carbocycles. The van der Waals surface area contributed by atoms with Gasteiger partial charge in [-0.15, -0.1) is 5.06 Å². The quantitative estimate of drug-likeness (QED) is 0.629.